The molecule has 3 N–H and O–H groups in total. The standard InChI is InChI=1S/C11H15BrFN3O/c1-7(11(14)15-17)16(2)6-8-5-9(13)3-4-10(8)12/h3-5,7,17H,6H2,1-2H3,(H2,14,15). The van der Waals surface area contributed by atoms with Gasteiger partial charge in [0.15, 0.2) is 5.84 Å². The van der Waals surface area contributed by atoms with Crippen LogP contribution in [0.1, 0.15) is 12.5 Å². The molecule has 0 heterocycles. The Hall–Kier alpha value is -1.14. The smallest absolute Gasteiger partial charge is 0.156 e. The Morgan fingerprint density at radius 2 is 2.29 bits per heavy atom. The number of benzene rings is 1. The van der Waals surface area contributed by atoms with Crippen LogP contribution in [-0.4, -0.2) is 29.0 Å². The van der Waals surface area contributed by atoms with E-state index in [2.05, 4.69) is 21.1 Å². The largest absolute Gasteiger partial charge is 0.409 e. The quantitative estimate of drug-likeness (QED) is 0.388. The number of rotatable bonds is 4. The molecule has 1 atom stereocenters. The van der Waals surface area contributed by atoms with E-state index in [0.29, 0.717) is 6.54 Å². The van der Waals surface area contributed by atoms with E-state index in [4.69, 9.17) is 10.9 Å². The molecular weight excluding hydrogens is 289 g/mol. The van der Waals surface area contributed by atoms with Gasteiger partial charge >= 0.3 is 0 Å². The fraction of sp³-hybridized carbons (Fsp3) is 0.364. The molecule has 4 nitrogen and oxygen atoms in total. The van der Waals surface area contributed by atoms with Crippen molar-refractivity contribution in [1.29, 1.82) is 0 Å². The number of oxime groups is 1. The average Bonchev–Trinajstić information content (AvgIpc) is 2.31. The molecule has 6 heteroatoms. The summed E-state index contributed by atoms with van der Waals surface area (Å²) in [6.07, 6.45) is 0. The van der Waals surface area contributed by atoms with Crippen LogP contribution in [0.4, 0.5) is 4.39 Å². The minimum Gasteiger partial charge on any atom is -0.409 e. The Morgan fingerprint density at radius 1 is 1.65 bits per heavy atom. The third kappa shape index (κ3) is 3.67. The first-order valence-corrected chi connectivity index (χ1v) is 5.86. The van der Waals surface area contributed by atoms with E-state index in [-0.39, 0.29) is 17.7 Å². The Labute approximate surface area is 108 Å². The van der Waals surface area contributed by atoms with E-state index in [1.807, 2.05) is 18.9 Å². The van der Waals surface area contributed by atoms with Crippen molar-refractivity contribution in [3.63, 3.8) is 0 Å². The monoisotopic (exact) mass is 303 g/mol. The maximum absolute atomic E-state index is 13.1. The lowest BCUT2D eigenvalue weighted by Crippen LogP contribution is -2.40. The second-order valence-corrected chi connectivity index (χ2v) is 4.71. The van der Waals surface area contributed by atoms with Gasteiger partial charge in [0.1, 0.15) is 5.82 Å². The molecule has 0 aliphatic heterocycles. The first-order chi connectivity index (χ1) is 7.95. The molecule has 0 aromatic heterocycles. The van der Waals surface area contributed by atoms with Gasteiger partial charge in [0.2, 0.25) is 0 Å². The first kappa shape index (κ1) is 13.9. The number of nitrogens with two attached hydrogens (primary N) is 1. The second kappa shape index (κ2) is 5.97. The first-order valence-electron chi connectivity index (χ1n) is 5.07. The van der Waals surface area contributed by atoms with Gasteiger partial charge in [0, 0.05) is 11.0 Å². The molecule has 0 amide bonds. The molecule has 1 aromatic carbocycles. The Bertz CT molecular complexity index is 425. The van der Waals surface area contributed by atoms with Crippen molar-refractivity contribution in [1.82, 2.24) is 4.90 Å². The second-order valence-electron chi connectivity index (χ2n) is 3.85. The van der Waals surface area contributed by atoms with Crippen molar-refractivity contribution in [2.24, 2.45) is 10.9 Å². The van der Waals surface area contributed by atoms with Crippen LogP contribution in [0.3, 0.4) is 0 Å². The average molecular weight is 304 g/mol. The number of halogens is 2. The SMILES string of the molecule is CC(C(N)=NO)N(C)Cc1cc(F)ccc1Br. The minimum atomic E-state index is -0.284. The number of nitrogens with zero attached hydrogens (tertiary/aromatic N) is 2. The van der Waals surface area contributed by atoms with Gasteiger partial charge in [-0.15, -0.1) is 0 Å². The van der Waals surface area contributed by atoms with Crippen molar-refractivity contribution >= 4 is 21.8 Å². The Morgan fingerprint density at radius 3 is 2.88 bits per heavy atom. The lowest BCUT2D eigenvalue weighted by Gasteiger charge is -2.23. The van der Waals surface area contributed by atoms with Crippen LogP contribution in [-0.2, 0) is 6.54 Å². The summed E-state index contributed by atoms with van der Waals surface area (Å²) in [5.74, 6) is -0.159. The number of likely N-dealkylation sites (N-methyl/N-ethyl adjacent to an activating group) is 1. The van der Waals surface area contributed by atoms with Gasteiger partial charge in [-0.3, -0.25) is 4.90 Å². The molecule has 0 aliphatic carbocycles. The summed E-state index contributed by atoms with van der Waals surface area (Å²) in [7, 11) is 1.82. The topological polar surface area (TPSA) is 61.9 Å². The normalized spacial score (nSPS) is 14.1. The van der Waals surface area contributed by atoms with Crippen LogP contribution < -0.4 is 5.73 Å². The fourth-order valence-electron chi connectivity index (χ4n) is 1.38. The van der Waals surface area contributed by atoms with Crippen molar-refractivity contribution in [3.05, 3.63) is 34.1 Å². The molecule has 17 heavy (non-hydrogen) atoms. The van der Waals surface area contributed by atoms with Crippen LogP contribution in [0.15, 0.2) is 27.8 Å². The molecule has 1 aromatic rings. The molecule has 0 saturated heterocycles. The minimum absolute atomic E-state index is 0.125. The molecule has 0 radical (unpaired) electrons. The van der Waals surface area contributed by atoms with Gasteiger partial charge in [0.25, 0.3) is 0 Å². The van der Waals surface area contributed by atoms with Gasteiger partial charge in [-0.1, -0.05) is 21.1 Å². The Kier molecular flexibility index (Phi) is 4.89. The predicted octanol–water partition coefficient (Wildman–Crippen LogP) is 2.15. The molecule has 94 valence electrons. The maximum atomic E-state index is 13.1. The molecule has 0 aliphatic rings. The van der Waals surface area contributed by atoms with Gasteiger partial charge < -0.3 is 10.9 Å². The third-order valence-electron chi connectivity index (χ3n) is 2.63. The zero-order chi connectivity index (χ0) is 13.0. The zero-order valence-electron chi connectivity index (χ0n) is 9.69. The van der Waals surface area contributed by atoms with E-state index in [1.54, 1.807) is 6.07 Å². The fourth-order valence-corrected chi connectivity index (χ4v) is 1.75. The lowest BCUT2D eigenvalue weighted by molar-refractivity contribution is 0.278. The molecule has 0 bridgehead atoms. The lowest BCUT2D eigenvalue weighted by atomic mass is 10.2. The van der Waals surface area contributed by atoms with E-state index < -0.39 is 0 Å². The van der Waals surface area contributed by atoms with E-state index >= 15 is 0 Å². The summed E-state index contributed by atoms with van der Waals surface area (Å²) < 4.78 is 13.9. The summed E-state index contributed by atoms with van der Waals surface area (Å²) >= 11 is 3.36. The summed E-state index contributed by atoms with van der Waals surface area (Å²) in [4.78, 5) is 1.86. The third-order valence-corrected chi connectivity index (χ3v) is 3.41. The van der Waals surface area contributed by atoms with Crippen LogP contribution in [0, 0.1) is 5.82 Å². The highest BCUT2D eigenvalue weighted by Gasteiger charge is 2.15. The van der Waals surface area contributed by atoms with Crippen LogP contribution in [0.5, 0.6) is 0 Å². The van der Waals surface area contributed by atoms with Crippen molar-refractivity contribution in [3.8, 4) is 0 Å². The molecule has 1 unspecified atom stereocenters. The van der Waals surface area contributed by atoms with Gasteiger partial charge in [0.05, 0.1) is 6.04 Å². The maximum Gasteiger partial charge on any atom is 0.156 e. The highest BCUT2D eigenvalue weighted by Crippen LogP contribution is 2.19. The van der Waals surface area contributed by atoms with Gasteiger partial charge in [-0.2, -0.15) is 0 Å². The molecule has 0 spiro atoms. The summed E-state index contributed by atoms with van der Waals surface area (Å²) in [6.45, 7) is 2.30. The van der Waals surface area contributed by atoms with E-state index in [9.17, 15) is 4.39 Å². The number of hydrogen-bond donors (Lipinski definition) is 2. The molecule has 1 rings (SSSR count). The van der Waals surface area contributed by atoms with E-state index in [1.165, 1.54) is 12.1 Å². The summed E-state index contributed by atoms with van der Waals surface area (Å²) in [5.41, 5.74) is 6.32. The number of amidine groups is 1. The van der Waals surface area contributed by atoms with Crippen LogP contribution in [0.2, 0.25) is 0 Å². The molecular formula is C11H15BrFN3O. The summed E-state index contributed by atoms with van der Waals surface area (Å²) in [5, 5.41) is 11.5. The van der Waals surface area contributed by atoms with E-state index in [0.717, 1.165) is 10.0 Å². The molecule has 0 fully saturated rings. The molecule has 0 saturated carbocycles. The predicted molar refractivity (Wildman–Crippen MR) is 68.4 cm³/mol. The number of hydrogen-bond acceptors (Lipinski definition) is 3. The van der Waals surface area contributed by atoms with Gasteiger partial charge in [-0.05, 0) is 37.7 Å². The van der Waals surface area contributed by atoms with Crippen molar-refractivity contribution in [2.45, 2.75) is 19.5 Å². The Balaban J connectivity index is 2.80. The van der Waals surface area contributed by atoms with Crippen LogP contribution >= 0.6 is 15.9 Å². The highest BCUT2D eigenvalue weighted by atomic mass is 79.9. The van der Waals surface area contributed by atoms with Crippen molar-refractivity contribution in [2.75, 3.05) is 7.05 Å². The summed E-state index contributed by atoms with van der Waals surface area (Å²) in [6, 6.07) is 4.28. The highest BCUT2D eigenvalue weighted by molar-refractivity contribution is 9.10. The zero-order valence-corrected chi connectivity index (χ0v) is 11.3. The van der Waals surface area contributed by atoms with Gasteiger partial charge in [-0.25, -0.2) is 4.39 Å². The van der Waals surface area contributed by atoms with Crippen LogP contribution in [0.25, 0.3) is 0 Å². The van der Waals surface area contributed by atoms with Crippen molar-refractivity contribution < 1.29 is 9.60 Å².